The fourth-order valence-corrected chi connectivity index (χ4v) is 5.80. The molecule has 0 unspecified atom stereocenters. The highest BCUT2D eigenvalue weighted by atomic mass is 16.3. The number of nitrogens with zero attached hydrogens (tertiary/aromatic N) is 3. The van der Waals surface area contributed by atoms with Gasteiger partial charge >= 0.3 is 0 Å². The van der Waals surface area contributed by atoms with E-state index < -0.39 is 30.2 Å². The number of hydrogen-bond donors (Lipinski definition) is 0. The summed E-state index contributed by atoms with van der Waals surface area (Å²) in [6.07, 6.45) is 0. The number of furan rings is 2. The molecule has 0 spiro atoms. The molecule has 0 saturated carbocycles. The third-order valence-corrected chi connectivity index (χ3v) is 7.85. The Labute approximate surface area is 259 Å². The second-order valence-electron chi connectivity index (χ2n) is 10.4. The van der Waals surface area contributed by atoms with E-state index in [9.17, 15) is 0 Å². The van der Waals surface area contributed by atoms with Crippen molar-refractivity contribution in [3.8, 4) is 45.3 Å². The summed E-state index contributed by atoms with van der Waals surface area (Å²) in [5, 5.41) is 3.86. The number of para-hydroxylation sites is 3. The first-order valence-corrected chi connectivity index (χ1v) is 14.1. The maximum Gasteiger partial charge on any atom is 0.167 e. The topological polar surface area (TPSA) is 65.0 Å². The predicted molar refractivity (Wildman–Crippen MR) is 176 cm³/mol. The Morgan fingerprint density at radius 1 is 0.432 bits per heavy atom. The molecule has 0 aliphatic rings. The standard InChI is InChI=1S/C39H23N3O2/c1-3-11-24(12-4-1)37-40-38(25-13-5-2-6-14-25)42-39(41-37)32-19-10-18-31-29-22-21-26(23-34(29)44-36(31)32)27-16-9-17-30-28-15-7-8-20-33(28)43-35(27)30/h1-23H/i1D,3D,4D,11D,12D. The summed E-state index contributed by atoms with van der Waals surface area (Å²) in [7, 11) is 0. The molecule has 0 bridgehead atoms. The van der Waals surface area contributed by atoms with E-state index in [1.54, 1.807) is 0 Å². The third kappa shape index (κ3) is 3.91. The molecule has 0 aliphatic heterocycles. The summed E-state index contributed by atoms with van der Waals surface area (Å²) in [6, 6.07) is 33.0. The van der Waals surface area contributed by atoms with Gasteiger partial charge in [0.1, 0.15) is 22.3 Å². The minimum Gasteiger partial charge on any atom is -0.455 e. The minimum atomic E-state index is -0.487. The Morgan fingerprint density at radius 3 is 1.86 bits per heavy atom. The van der Waals surface area contributed by atoms with E-state index in [1.807, 2.05) is 91.0 Å². The monoisotopic (exact) mass is 570 g/mol. The van der Waals surface area contributed by atoms with Gasteiger partial charge in [-0.15, -0.1) is 0 Å². The number of hydrogen-bond acceptors (Lipinski definition) is 5. The maximum atomic E-state index is 8.60. The van der Waals surface area contributed by atoms with E-state index in [1.165, 1.54) is 0 Å². The summed E-state index contributed by atoms with van der Waals surface area (Å²) in [6.45, 7) is 0. The molecule has 0 saturated heterocycles. The van der Waals surface area contributed by atoms with Gasteiger partial charge in [0.2, 0.25) is 0 Å². The first-order valence-electron chi connectivity index (χ1n) is 16.6. The maximum absolute atomic E-state index is 8.60. The Kier molecular flexibility index (Phi) is 4.42. The predicted octanol–water partition coefficient (Wildman–Crippen LogP) is 10.3. The SMILES string of the molecule is [2H]c1c([2H])c([2H])c(-c2nc(-c3ccccc3)nc(-c3cccc4c3oc3cc(-c5cccc6c5oc5ccccc56)ccc34)n2)c([2H])c1[2H]. The first-order chi connectivity index (χ1) is 23.9. The summed E-state index contributed by atoms with van der Waals surface area (Å²) in [5.74, 6) is 0.504. The van der Waals surface area contributed by atoms with Crippen molar-refractivity contribution in [2.24, 2.45) is 0 Å². The van der Waals surface area contributed by atoms with Gasteiger partial charge in [0.05, 0.1) is 12.4 Å². The Hall–Kier alpha value is -6.07. The second kappa shape index (κ2) is 9.75. The lowest BCUT2D eigenvalue weighted by atomic mass is 10.0. The largest absolute Gasteiger partial charge is 0.455 e. The molecule has 6 aromatic carbocycles. The molecule has 0 atom stereocenters. The normalized spacial score (nSPS) is 13.2. The van der Waals surface area contributed by atoms with E-state index in [0.29, 0.717) is 28.1 Å². The van der Waals surface area contributed by atoms with Gasteiger partial charge in [-0.1, -0.05) is 115 Å². The van der Waals surface area contributed by atoms with Crippen molar-refractivity contribution in [3.05, 3.63) is 139 Å². The number of rotatable bonds is 4. The van der Waals surface area contributed by atoms with Crippen LogP contribution in [0, 0.1) is 0 Å². The zero-order valence-corrected chi connectivity index (χ0v) is 23.1. The van der Waals surface area contributed by atoms with E-state index in [4.69, 9.17) is 25.7 Å². The van der Waals surface area contributed by atoms with Crippen LogP contribution in [0.1, 0.15) is 6.85 Å². The summed E-state index contributed by atoms with van der Waals surface area (Å²) in [4.78, 5) is 14.1. The second-order valence-corrected chi connectivity index (χ2v) is 10.4. The lowest BCUT2D eigenvalue weighted by Gasteiger charge is -2.08. The molecule has 206 valence electrons. The van der Waals surface area contributed by atoms with Crippen LogP contribution in [0.2, 0.25) is 0 Å². The third-order valence-electron chi connectivity index (χ3n) is 7.85. The molecule has 9 rings (SSSR count). The van der Waals surface area contributed by atoms with Crippen LogP contribution < -0.4 is 0 Å². The fraction of sp³-hybridized carbons (Fsp3) is 0. The van der Waals surface area contributed by atoms with E-state index in [0.717, 1.165) is 43.8 Å². The lowest BCUT2D eigenvalue weighted by molar-refractivity contribution is 0.668. The average Bonchev–Trinajstić information content (AvgIpc) is 3.71. The van der Waals surface area contributed by atoms with Gasteiger partial charge in [0, 0.05) is 38.2 Å². The van der Waals surface area contributed by atoms with Gasteiger partial charge in [-0.3, -0.25) is 0 Å². The van der Waals surface area contributed by atoms with Gasteiger partial charge in [0.25, 0.3) is 0 Å². The van der Waals surface area contributed by atoms with Crippen molar-refractivity contribution in [2.75, 3.05) is 0 Å². The minimum absolute atomic E-state index is 0.0322. The van der Waals surface area contributed by atoms with Crippen molar-refractivity contribution in [2.45, 2.75) is 0 Å². The number of fused-ring (bicyclic) bond motifs is 6. The molecule has 0 amide bonds. The van der Waals surface area contributed by atoms with Crippen LogP contribution >= 0.6 is 0 Å². The molecule has 0 N–H and O–H groups in total. The van der Waals surface area contributed by atoms with Gasteiger partial charge in [-0.2, -0.15) is 0 Å². The van der Waals surface area contributed by atoms with Crippen molar-refractivity contribution in [1.82, 2.24) is 15.0 Å². The molecule has 5 heteroatoms. The van der Waals surface area contributed by atoms with Crippen LogP contribution in [0.3, 0.4) is 0 Å². The highest BCUT2D eigenvalue weighted by molar-refractivity contribution is 6.12. The zero-order valence-electron chi connectivity index (χ0n) is 28.1. The van der Waals surface area contributed by atoms with Gasteiger partial charge in [-0.25, -0.2) is 15.0 Å². The Morgan fingerprint density at radius 2 is 1.05 bits per heavy atom. The van der Waals surface area contributed by atoms with Gasteiger partial charge < -0.3 is 8.83 Å². The summed E-state index contributed by atoms with van der Waals surface area (Å²) in [5.41, 5.74) is 5.88. The molecule has 0 radical (unpaired) electrons. The highest BCUT2D eigenvalue weighted by Gasteiger charge is 2.19. The van der Waals surface area contributed by atoms with Crippen LogP contribution in [0.15, 0.2) is 148 Å². The molecule has 9 aromatic rings. The van der Waals surface area contributed by atoms with Crippen LogP contribution in [-0.4, -0.2) is 15.0 Å². The smallest absolute Gasteiger partial charge is 0.167 e. The van der Waals surface area contributed by atoms with Crippen molar-refractivity contribution >= 4 is 43.9 Å². The van der Waals surface area contributed by atoms with Crippen molar-refractivity contribution in [1.29, 1.82) is 0 Å². The van der Waals surface area contributed by atoms with Crippen LogP contribution in [0.4, 0.5) is 0 Å². The van der Waals surface area contributed by atoms with Crippen molar-refractivity contribution < 1.29 is 15.7 Å². The summed E-state index contributed by atoms with van der Waals surface area (Å²) >= 11 is 0. The zero-order chi connectivity index (χ0) is 33.4. The molecule has 44 heavy (non-hydrogen) atoms. The number of benzene rings is 6. The van der Waals surface area contributed by atoms with E-state index in [-0.39, 0.29) is 17.2 Å². The van der Waals surface area contributed by atoms with Crippen LogP contribution in [-0.2, 0) is 0 Å². The molecule has 0 aliphatic carbocycles. The molecule has 5 nitrogen and oxygen atoms in total. The first kappa shape index (κ1) is 19.9. The van der Waals surface area contributed by atoms with Crippen LogP contribution in [0.5, 0.6) is 0 Å². The average molecular weight is 571 g/mol. The van der Waals surface area contributed by atoms with Crippen LogP contribution in [0.25, 0.3) is 89.2 Å². The lowest BCUT2D eigenvalue weighted by Crippen LogP contribution is -2.00. The molecular weight excluding hydrogens is 542 g/mol. The van der Waals surface area contributed by atoms with E-state index in [2.05, 4.69) is 23.2 Å². The summed E-state index contributed by atoms with van der Waals surface area (Å²) < 4.78 is 54.6. The van der Waals surface area contributed by atoms with Crippen molar-refractivity contribution in [3.63, 3.8) is 0 Å². The highest BCUT2D eigenvalue weighted by Crippen LogP contribution is 2.40. The molecular formula is C39H23N3O2. The van der Waals surface area contributed by atoms with E-state index >= 15 is 0 Å². The van der Waals surface area contributed by atoms with Gasteiger partial charge in [-0.05, 0) is 29.8 Å². The molecule has 3 aromatic heterocycles. The fourth-order valence-electron chi connectivity index (χ4n) is 5.80. The van der Waals surface area contributed by atoms with Gasteiger partial charge in [0.15, 0.2) is 17.5 Å². The Balaban J connectivity index is 1.25. The molecule has 3 heterocycles. The quantitative estimate of drug-likeness (QED) is 0.211. The number of aromatic nitrogens is 3. The Bertz CT molecular complexity index is 2760. The molecule has 0 fully saturated rings.